The molecule has 0 aliphatic heterocycles. The zero-order valence-electron chi connectivity index (χ0n) is 13.5. The quantitative estimate of drug-likeness (QED) is 0.756. The number of hydrogen-bond acceptors (Lipinski definition) is 4. The minimum atomic E-state index is -4.59. The number of para-hydroxylation sites is 1. The number of ether oxygens (including phenoxy) is 1. The molecule has 0 aliphatic rings. The summed E-state index contributed by atoms with van der Waals surface area (Å²) in [5, 5.41) is 5.11. The number of halogens is 4. The summed E-state index contributed by atoms with van der Waals surface area (Å²) >= 11 is 5.98. The van der Waals surface area contributed by atoms with Crippen LogP contribution in [0.15, 0.2) is 42.5 Å². The summed E-state index contributed by atoms with van der Waals surface area (Å²) in [5.74, 6) is -1.30. The number of alkyl halides is 3. The summed E-state index contributed by atoms with van der Waals surface area (Å²) < 4.78 is 43.4. The van der Waals surface area contributed by atoms with Gasteiger partial charge in [0.25, 0.3) is 0 Å². The maximum Gasteiger partial charge on any atom is 0.418 e. The Morgan fingerprint density at radius 1 is 1.12 bits per heavy atom. The van der Waals surface area contributed by atoms with Gasteiger partial charge in [0, 0.05) is 0 Å². The molecular weight excluding hydrogens is 373 g/mol. The maximum atomic E-state index is 12.9. The number of esters is 1. The predicted molar refractivity (Wildman–Crippen MR) is 91.4 cm³/mol. The minimum absolute atomic E-state index is 0.210. The van der Waals surface area contributed by atoms with Crippen LogP contribution in [0.5, 0.6) is 0 Å². The molecule has 0 bridgehead atoms. The van der Waals surface area contributed by atoms with E-state index in [1.165, 1.54) is 37.4 Å². The molecule has 0 saturated carbocycles. The highest BCUT2D eigenvalue weighted by Gasteiger charge is 2.33. The van der Waals surface area contributed by atoms with Crippen molar-refractivity contribution in [2.24, 2.45) is 0 Å². The number of rotatable bonds is 5. The van der Waals surface area contributed by atoms with E-state index in [4.69, 9.17) is 11.6 Å². The molecule has 2 N–H and O–H groups in total. The van der Waals surface area contributed by atoms with E-state index in [0.29, 0.717) is 0 Å². The Morgan fingerprint density at radius 3 is 2.46 bits per heavy atom. The molecule has 138 valence electrons. The van der Waals surface area contributed by atoms with Crippen LogP contribution < -0.4 is 10.6 Å². The van der Waals surface area contributed by atoms with Crippen LogP contribution in [0.2, 0.25) is 5.02 Å². The molecule has 1 amide bonds. The van der Waals surface area contributed by atoms with Crippen LogP contribution >= 0.6 is 11.6 Å². The van der Waals surface area contributed by atoms with Crippen LogP contribution in [-0.4, -0.2) is 25.5 Å². The standard InChI is InChI=1S/C17H14ClF3N2O3/c1-26-16(25)10-6-7-12(18)14(8-10)22-9-15(24)23-13-5-3-2-4-11(13)17(19,20)21/h2-8,22H,9H2,1H3,(H,23,24). The third-order valence-corrected chi connectivity index (χ3v) is 3.66. The lowest BCUT2D eigenvalue weighted by atomic mass is 10.1. The first-order valence-electron chi connectivity index (χ1n) is 7.30. The number of nitrogens with one attached hydrogen (secondary N) is 2. The monoisotopic (exact) mass is 386 g/mol. The third kappa shape index (κ3) is 4.89. The predicted octanol–water partition coefficient (Wildman–Crippen LogP) is 4.20. The second-order valence-electron chi connectivity index (χ2n) is 5.13. The molecule has 0 aliphatic carbocycles. The average Bonchev–Trinajstić information content (AvgIpc) is 2.60. The number of carbonyl (C=O) groups excluding carboxylic acids is 2. The summed E-state index contributed by atoms with van der Waals surface area (Å²) in [6.07, 6.45) is -4.59. The second kappa shape index (κ2) is 8.09. The number of amides is 1. The Balaban J connectivity index is 2.08. The summed E-state index contributed by atoms with van der Waals surface area (Å²) in [4.78, 5) is 23.5. The van der Waals surface area contributed by atoms with E-state index in [9.17, 15) is 22.8 Å². The van der Waals surface area contributed by atoms with Crippen molar-refractivity contribution >= 4 is 34.9 Å². The summed E-state index contributed by atoms with van der Waals surface area (Å²) in [6, 6.07) is 8.91. The van der Waals surface area contributed by atoms with Crippen molar-refractivity contribution in [2.75, 3.05) is 24.3 Å². The van der Waals surface area contributed by atoms with Crippen molar-refractivity contribution in [2.45, 2.75) is 6.18 Å². The minimum Gasteiger partial charge on any atom is -0.465 e. The normalized spacial score (nSPS) is 11.0. The lowest BCUT2D eigenvalue weighted by molar-refractivity contribution is -0.137. The Bertz CT molecular complexity index is 825. The van der Waals surface area contributed by atoms with Gasteiger partial charge in [0.1, 0.15) is 0 Å². The van der Waals surface area contributed by atoms with Crippen LogP contribution in [0.1, 0.15) is 15.9 Å². The Kier molecular flexibility index (Phi) is 6.10. The number of hydrogen-bond donors (Lipinski definition) is 2. The zero-order valence-corrected chi connectivity index (χ0v) is 14.2. The van der Waals surface area contributed by atoms with Crippen molar-refractivity contribution in [3.63, 3.8) is 0 Å². The molecule has 2 aromatic rings. The number of anilines is 2. The molecule has 0 atom stereocenters. The van der Waals surface area contributed by atoms with Crippen LogP contribution in [-0.2, 0) is 15.7 Å². The van der Waals surface area contributed by atoms with E-state index in [0.717, 1.165) is 12.1 Å². The molecule has 0 spiro atoms. The Morgan fingerprint density at radius 2 is 1.81 bits per heavy atom. The van der Waals surface area contributed by atoms with Crippen LogP contribution in [0, 0.1) is 0 Å². The van der Waals surface area contributed by atoms with Crippen LogP contribution in [0.3, 0.4) is 0 Å². The molecule has 0 radical (unpaired) electrons. The van der Waals surface area contributed by atoms with Gasteiger partial charge in [-0.05, 0) is 30.3 Å². The zero-order chi connectivity index (χ0) is 19.3. The molecule has 9 heteroatoms. The maximum absolute atomic E-state index is 12.9. The van der Waals surface area contributed by atoms with Gasteiger partial charge >= 0.3 is 12.1 Å². The summed E-state index contributed by atoms with van der Waals surface area (Å²) in [5.41, 5.74) is -0.809. The van der Waals surface area contributed by atoms with E-state index in [1.54, 1.807) is 0 Å². The van der Waals surface area contributed by atoms with Gasteiger partial charge in [0.05, 0.1) is 41.2 Å². The third-order valence-electron chi connectivity index (χ3n) is 3.33. The molecule has 0 saturated heterocycles. The molecule has 5 nitrogen and oxygen atoms in total. The van der Waals surface area contributed by atoms with Crippen molar-refractivity contribution in [3.8, 4) is 0 Å². The van der Waals surface area contributed by atoms with E-state index < -0.39 is 23.6 Å². The van der Waals surface area contributed by atoms with Crippen molar-refractivity contribution in [3.05, 3.63) is 58.6 Å². The molecule has 0 aromatic heterocycles. The van der Waals surface area contributed by atoms with Crippen molar-refractivity contribution in [1.29, 1.82) is 0 Å². The lowest BCUT2D eigenvalue weighted by Gasteiger charge is -2.14. The molecule has 0 unspecified atom stereocenters. The smallest absolute Gasteiger partial charge is 0.418 e. The molecule has 26 heavy (non-hydrogen) atoms. The highest BCUT2D eigenvalue weighted by molar-refractivity contribution is 6.33. The molecular formula is C17H14ClF3N2O3. The van der Waals surface area contributed by atoms with Crippen molar-refractivity contribution in [1.82, 2.24) is 0 Å². The SMILES string of the molecule is COC(=O)c1ccc(Cl)c(NCC(=O)Nc2ccccc2C(F)(F)F)c1. The summed E-state index contributed by atoms with van der Waals surface area (Å²) in [7, 11) is 1.22. The van der Waals surface area contributed by atoms with Crippen LogP contribution in [0.25, 0.3) is 0 Å². The van der Waals surface area contributed by atoms with Gasteiger partial charge in [-0.1, -0.05) is 23.7 Å². The first-order valence-corrected chi connectivity index (χ1v) is 7.68. The largest absolute Gasteiger partial charge is 0.465 e. The highest BCUT2D eigenvalue weighted by atomic mass is 35.5. The molecule has 0 fully saturated rings. The number of benzene rings is 2. The average molecular weight is 387 g/mol. The fourth-order valence-corrected chi connectivity index (χ4v) is 2.30. The van der Waals surface area contributed by atoms with E-state index in [-0.39, 0.29) is 28.5 Å². The second-order valence-corrected chi connectivity index (χ2v) is 5.54. The lowest BCUT2D eigenvalue weighted by Crippen LogP contribution is -2.23. The molecule has 2 aromatic carbocycles. The van der Waals surface area contributed by atoms with Gasteiger partial charge < -0.3 is 15.4 Å². The van der Waals surface area contributed by atoms with Gasteiger partial charge in [-0.15, -0.1) is 0 Å². The summed E-state index contributed by atoms with van der Waals surface area (Å²) in [6.45, 7) is -0.351. The first-order chi connectivity index (χ1) is 12.2. The number of carbonyl (C=O) groups is 2. The Hall–Kier alpha value is -2.74. The van der Waals surface area contributed by atoms with Gasteiger partial charge in [-0.2, -0.15) is 13.2 Å². The van der Waals surface area contributed by atoms with Gasteiger partial charge in [0.15, 0.2) is 0 Å². The van der Waals surface area contributed by atoms with E-state index in [2.05, 4.69) is 15.4 Å². The van der Waals surface area contributed by atoms with Gasteiger partial charge in [-0.25, -0.2) is 4.79 Å². The molecule has 2 rings (SSSR count). The van der Waals surface area contributed by atoms with Gasteiger partial charge in [0.2, 0.25) is 5.91 Å². The highest BCUT2D eigenvalue weighted by Crippen LogP contribution is 2.34. The fourth-order valence-electron chi connectivity index (χ4n) is 2.11. The Labute approximate surface area is 152 Å². The van der Waals surface area contributed by atoms with E-state index in [1.807, 2.05) is 0 Å². The number of methoxy groups -OCH3 is 1. The first kappa shape index (κ1) is 19.6. The molecule has 0 heterocycles. The van der Waals surface area contributed by atoms with Crippen molar-refractivity contribution < 1.29 is 27.5 Å². The fraction of sp³-hybridized carbons (Fsp3) is 0.176. The van der Waals surface area contributed by atoms with Crippen LogP contribution in [0.4, 0.5) is 24.5 Å². The topological polar surface area (TPSA) is 67.4 Å². The van der Waals surface area contributed by atoms with Gasteiger partial charge in [-0.3, -0.25) is 4.79 Å². The van der Waals surface area contributed by atoms with E-state index >= 15 is 0 Å².